The third kappa shape index (κ3) is 3.40. The highest BCUT2D eigenvalue weighted by Gasteiger charge is 2.42. The first-order valence-corrected chi connectivity index (χ1v) is 9.52. The molecular weight excluding hydrogens is 340 g/mol. The van der Waals surface area contributed by atoms with E-state index in [4.69, 9.17) is 10.5 Å². The van der Waals surface area contributed by atoms with Crippen LogP contribution in [0.3, 0.4) is 0 Å². The van der Waals surface area contributed by atoms with Gasteiger partial charge in [-0.05, 0) is 12.0 Å². The number of imidazole rings is 1. The molecule has 0 bridgehead atoms. The molecule has 2 aromatic heterocycles. The first kappa shape index (κ1) is 17.9. The van der Waals surface area contributed by atoms with Crippen LogP contribution < -0.4 is 11.1 Å². The van der Waals surface area contributed by atoms with Crippen molar-refractivity contribution in [2.45, 2.75) is 39.1 Å². The molecule has 4 rings (SSSR count). The van der Waals surface area contributed by atoms with E-state index >= 15 is 0 Å². The van der Waals surface area contributed by atoms with Crippen molar-refractivity contribution in [2.24, 2.45) is 11.8 Å². The number of nitrogens with zero attached hydrogens (tertiary/aromatic N) is 4. The van der Waals surface area contributed by atoms with Crippen LogP contribution in [0.4, 0.5) is 5.82 Å². The maximum absolute atomic E-state index is 6.41. The molecule has 1 fully saturated rings. The summed E-state index contributed by atoms with van der Waals surface area (Å²) in [5, 5.41) is 3.60. The van der Waals surface area contributed by atoms with Gasteiger partial charge in [-0.25, -0.2) is 15.0 Å². The van der Waals surface area contributed by atoms with E-state index in [0.29, 0.717) is 23.2 Å². The minimum Gasteiger partial charge on any atom is -0.382 e. The molecule has 1 aromatic carbocycles. The molecule has 27 heavy (non-hydrogen) atoms. The van der Waals surface area contributed by atoms with E-state index in [-0.39, 0.29) is 12.3 Å². The monoisotopic (exact) mass is 366 g/mol. The van der Waals surface area contributed by atoms with Gasteiger partial charge in [-0.15, -0.1) is 0 Å². The maximum atomic E-state index is 6.41. The highest BCUT2D eigenvalue weighted by molar-refractivity contribution is 5.81. The number of nitrogen functional groups attached to an aromatic ring is 1. The summed E-state index contributed by atoms with van der Waals surface area (Å²) in [6.07, 6.45) is 4.32. The average Bonchev–Trinajstić information content (AvgIpc) is 3.25. The van der Waals surface area contributed by atoms with Crippen molar-refractivity contribution in [2.75, 3.05) is 12.3 Å². The van der Waals surface area contributed by atoms with Crippen LogP contribution in [0.2, 0.25) is 0 Å². The molecule has 0 amide bonds. The van der Waals surface area contributed by atoms with Crippen molar-refractivity contribution < 1.29 is 4.74 Å². The largest absolute Gasteiger partial charge is 0.382 e. The second-order valence-corrected chi connectivity index (χ2v) is 7.20. The predicted octanol–water partition coefficient (Wildman–Crippen LogP) is 2.76. The Bertz CT molecular complexity index is 896. The van der Waals surface area contributed by atoms with Gasteiger partial charge in [0.1, 0.15) is 18.1 Å². The van der Waals surface area contributed by atoms with Gasteiger partial charge in [-0.3, -0.25) is 4.57 Å². The molecule has 0 aliphatic carbocycles. The van der Waals surface area contributed by atoms with Gasteiger partial charge in [0.2, 0.25) is 0 Å². The van der Waals surface area contributed by atoms with Gasteiger partial charge in [-0.2, -0.15) is 0 Å². The first-order chi connectivity index (χ1) is 13.2. The molecule has 7 heteroatoms. The second-order valence-electron chi connectivity index (χ2n) is 7.20. The van der Waals surface area contributed by atoms with E-state index in [1.807, 2.05) is 10.6 Å². The van der Waals surface area contributed by atoms with Gasteiger partial charge in [0.05, 0.1) is 12.4 Å². The Morgan fingerprint density at radius 1 is 1.19 bits per heavy atom. The van der Waals surface area contributed by atoms with Crippen LogP contribution >= 0.6 is 0 Å². The number of fused-ring (bicyclic) bond motifs is 1. The first-order valence-electron chi connectivity index (χ1n) is 9.52. The molecule has 3 N–H and O–H groups in total. The van der Waals surface area contributed by atoms with Gasteiger partial charge in [0, 0.05) is 24.9 Å². The Labute approximate surface area is 159 Å². The number of rotatable bonds is 6. The van der Waals surface area contributed by atoms with Gasteiger partial charge < -0.3 is 15.8 Å². The molecule has 7 nitrogen and oxygen atoms in total. The quantitative estimate of drug-likeness (QED) is 0.697. The Kier molecular flexibility index (Phi) is 5.05. The zero-order valence-electron chi connectivity index (χ0n) is 15.7. The Balaban J connectivity index is 1.50. The van der Waals surface area contributed by atoms with Crippen molar-refractivity contribution in [3.05, 3.63) is 48.5 Å². The molecule has 1 aliphatic heterocycles. The number of nitrogens with one attached hydrogen (secondary N) is 1. The fraction of sp³-hybridized carbons (Fsp3) is 0.450. The Hall–Kier alpha value is -2.51. The van der Waals surface area contributed by atoms with Crippen molar-refractivity contribution in [1.82, 2.24) is 24.8 Å². The zero-order valence-corrected chi connectivity index (χ0v) is 15.7. The number of hydrogen-bond donors (Lipinski definition) is 2. The molecule has 0 unspecified atom stereocenters. The number of anilines is 1. The number of hydrogen-bond acceptors (Lipinski definition) is 6. The predicted molar refractivity (Wildman–Crippen MR) is 105 cm³/mol. The smallest absolute Gasteiger partial charge is 0.167 e. The lowest BCUT2D eigenvalue weighted by molar-refractivity contribution is -0.0125. The number of ether oxygens (including phenoxy) is 1. The molecule has 142 valence electrons. The number of aromatic nitrogens is 4. The normalized spacial score (nSPS) is 25.3. The third-order valence-electron chi connectivity index (χ3n) is 5.53. The number of benzene rings is 1. The van der Waals surface area contributed by atoms with Crippen LogP contribution in [-0.4, -0.2) is 32.2 Å². The van der Waals surface area contributed by atoms with Gasteiger partial charge in [0.25, 0.3) is 0 Å². The molecule has 3 heterocycles. The standard InChI is InChI=1S/C20H26N6O/c1-3-16-15(10-22-9-14-7-5-4-6-8-14)13(2)20(27-16)26-12-25-17-18(21)23-11-24-19(17)26/h4-8,11-13,15-16,20,22H,3,9-10H2,1-2H3,(H2,21,23,24)/t13-,15+,16-,20-/m1/s1. The summed E-state index contributed by atoms with van der Waals surface area (Å²) in [7, 11) is 0. The maximum Gasteiger partial charge on any atom is 0.167 e. The SMILES string of the molecule is CC[C@H]1O[C@@H](n2cnc3c(N)ncnc32)[C@H](C)[C@@H]1CNCc1ccccc1. The van der Waals surface area contributed by atoms with Crippen LogP contribution in [0.5, 0.6) is 0 Å². The van der Waals surface area contributed by atoms with Gasteiger partial charge in [0.15, 0.2) is 11.5 Å². The van der Waals surface area contributed by atoms with Crippen LogP contribution in [0, 0.1) is 11.8 Å². The van der Waals surface area contributed by atoms with Crippen LogP contribution in [0.15, 0.2) is 43.0 Å². The van der Waals surface area contributed by atoms with E-state index in [1.165, 1.54) is 11.9 Å². The summed E-state index contributed by atoms with van der Waals surface area (Å²) in [6.45, 7) is 6.19. The molecule has 3 aromatic rings. The molecule has 1 saturated heterocycles. The molecule has 4 atom stereocenters. The molecule has 1 aliphatic rings. The van der Waals surface area contributed by atoms with E-state index in [1.54, 1.807) is 6.33 Å². The summed E-state index contributed by atoms with van der Waals surface area (Å²) >= 11 is 0. The van der Waals surface area contributed by atoms with Crippen LogP contribution in [0.25, 0.3) is 11.2 Å². The molecule has 0 radical (unpaired) electrons. The fourth-order valence-corrected chi connectivity index (χ4v) is 4.02. The van der Waals surface area contributed by atoms with Crippen LogP contribution in [-0.2, 0) is 11.3 Å². The van der Waals surface area contributed by atoms with Gasteiger partial charge in [-0.1, -0.05) is 44.2 Å². The minimum atomic E-state index is -0.0993. The zero-order chi connectivity index (χ0) is 18.8. The summed E-state index contributed by atoms with van der Waals surface area (Å²) in [5.41, 5.74) is 8.58. The minimum absolute atomic E-state index is 0.0993. The second kappa shape index (κ2) is 7.62. The average molecular weight is 366 g/mol. The lowest BCUT2D eigenvalue weighted by atomic mass is 9.89. The fourth-order valence-electron chi connectivity index (χ4n) is 4.02. The lowest BCUT2D eigenvalue weighted by Crippen LogP contribution is -2.31. The number of nitrogens with two attached hydrogens (primary N) is 1. The molecule has 0 saturated carbocycles. The van der Waals surface area contributed by atoms with Crippen molar-refractivity contribution in [1.29, 1.82) is 0 Å². The summed E-state index contributed by atoms with van der Waals surface area (Å²) in [4.78, 5) is 12.8. The molecule has 0 spiro atoms. The summed E-state index contributed by atoms with van der Waals surface area (Å²) < 4.78 is 8.41. The van der Waals surface area contributed by atoms with E-state index in [0.717, 1.165) is 25.2 Å². The Morgan fingerprint density at radius 3 is 2.78 bits per heavy atom. The lowest BCUT2D eigenvalue weighted by Gasteiger charge is -2.21. The Morgan fingerprint density at radius 2 is 2.00 bits per heavy atom. The summed E-state index contributed by atoms with van der Waals surface area (Å²) in [5.74, 6) is 1.14. The van der Waals surface area contributed by atoms with E-state index < -0.39 is 0 Å². The summed E-state index contributed by atoms with van der Waals surface area (Å²) in [6, 6.07) is 10.5. The van der Waals surface area contributed by atoms with Crippen LogP contribution in [0.1, 0.15) is 32.1 Å². The topological polar surface area (TPSA) is 90.9 Å². The van der Waals surface area contributed by atoms with E-state index in [2.05, 4.69) is 58.4 Å². The van der Waals surface area contributed by atoms with Gasteiger partial charge >= 0.3 is 0 Å². The third-order valence-corrected chi connectivity index (χ3v) is 5.53. The molecular formula is C20H26N6O. The van der Waals surface area contributed by atoms with Crippen molar-refractivity contribution >= 4 is 17.0 Å². The van der Waals surface area contributed by atoms with E-state index in [9.17, 15) is 0 Å². The van der Waals surface area contributed by atoms with Crippen molar-refractivity contribution in [3.8, 4) is 0 Å². The van der Waals surface area contributed by atoms with Crippen molar-refractivity contribution in [3.63, 3.8) is 0 Å². The highest BCUT2D eigenvalue weighted by atomic mass is 16.5. The highest BCUT2D eigenvalue weighted by Crippen LogP contribution is 2.41.